The standard InChI is InChI=1S/C23H24N4O2/c1-2-17-15-21(26-23(25-17)16-8-10-24-11-9-16)27-12-4-6-19(27)18-5-3-7-20-22(18)29-14-13-28-20/h3,5,7-11,15,19H,2,4,6,12-14H2,1H3. The first-order chi connectivity index (χ1) is 14.3. The molecule has 2 aliphatic heterocycles. The molecule has 1 fully saturated rings. The van der Waals surface area contributed by atoms with Gasteiger partial charge in [-0.25, -0.2) is 9.97 Å². The van der Waals surface area contributed by atoms with E-state index in [0.717, 1.165) is 60.2 Å². The summed E-state index contributed by atoms with van der Waals surface area (Å²) in [6.45, 7) is 4.29. The first kappa shape index (κ1) is 17.9. The first-order valence-electron chi connectivity index (χ1n) is 10.3. The van der Waals surface area contributed by atoms with E-state index in [2.05, 4.69) is 35.0 Å². The third-order valence-corrected chi connectivity index (χ3v) is 5.57. The van der Waals surface area contributed by atoms with Crippen LogP contribution in [0.3, 0.4) is 0 Å². The lowest BCUT2D eigenvalue weighted by Crippen LogP contribution is -2.26. The van der Waals surface area contributed by atoms with Crippen LogP contribution in [0.5, 0.6) is 11.5 Å². The van der Waals surface area contributed by atoms with Gasteiger partial charge in [0.1, 0.15) is 19.0 Å². The summed E-state index contributed by atoms with van der Waals surface area (Å²) in [4.78, 5) is 16.2. The minimum atomic E-state index is 0.219. The Hall–Kier alpha value is -3.15. The molecule has 0 bridgehead atoms. The van der Waals surface area contributed by atoms with E-state index in [4.69, 9.17) is 19.4 Å². The maximum Gasteiger partial charge on any atom is 0.166 e. The molecule has 5 rings (SSSR count). The fourth-order valence-electron chi connectivity index (χ4n) is 4.16. The predicted molar refractivity (Wildman–Crippen MR) is 111 cm³/mol. The van der Waals surface area contributed by atoms with Gasteiger partial charge >= 0.3 is 0 Å². The molecular weight excluding hydrogens is 364 g/mol. The number of rotatable bonds is 4. The van der Waals surface area contributed by atoms with Gasteiger partial charge in [0.15, 0.2) is 17.3 Å². The number of fused-ring (bicyclic) bond motifs is 1. The average molecular weight is 388 g/mol. The Balaban J connectivity index is 1.55. The highest BCUT2D eigenvalue weighted by atomic mass is 16.6. The monoisotopic (exact) mass is 388 g/mol. The number of para-hydroxylation sites is 1. The highest BCUT2D eigenvalue weighted by Crippen LogP contribution is 2.44. The third-order valence-electron chi connectivity index (χ3n) is 5.57. The van der Waals surface area contributed by atoms with Crippen LogP contribution in [0.25, 0.3) is 11.4 Å². The molecule has 3 aromatic rings. The lowest BCUT2D eigenvalue weighted by molar-refractivity contribution is 0.169. The van der Waals surface area contributed by atoms with Gasteiger partial charge in [-0.3, -0.25) is 4.98 Å². The van der Waals surface area contributed by atoms with Crippen LogP contribution in [0, 0.1) is 0 Å². The summed E-state index contributed by atoms with van der Waals surface area (Å²) >= 11 is 0. The largest absolute Gasteiger partial charge is 0.486 e. The molecule has 0 spiro atoms. The second-order valence-electron chi connectivity index (χ2n) is 7.35. The van der Waals surface area contributed by atoms with Crippen molar-refractivity contribution in [3.05, 3.63) is 60.0 Å². The summed E-state index contributed by atoms with van der Waals surface area (Å²) in [5.74, 6) is 3.45. The SMILES string of the molecule is CCc1cc(N2CCCC2c2cccc3c2OCCO3)nc(-c2ccncc2)n1. The Labute approximate surface area is 170 Å². The van der Waals surface area contributed by atoms with Crippen molar-refractivity contribution >= 4 is 5.82 Å². The predicted octanol–water partition coefficient (Wildman–Crippen LogP) is 4.21. The molecule has 0 aliphatic carbocycles. The van der Waals surface area contributed by atoms with Crippen LogP contribution in [0.15, 0.2) is 48.8 Å². The summed E-state index contributed by atoms with van der Waals surface area (Å²) in [5.41, 5.74) is 3.21. The quantitative estimate of drug-likeness (QED) is 0.667. The Morgan fingerprint density at radius 3 is 2.79 bits per heavy atom. The topological polar surface area (TPSA) is 60.4 Å². The van der Waals surface area contributed by atoms with Gasteiger partial charge in [-0.05, 0) is 37.5 Å². The molecule has 1 saturated heterocycles. The fraction of sp³-hybridized carbons (Fsp3) is 0.348. The van der Waals surface area contributed by atoms with Crippen LogP contribution < -0.4 is 14.4 Å². The van der Waals surface area contributed by atoms with Crippen LogP contribution in [0.2, 0.25) is 0 Å². The minimum absolute atomic E-state index is 0.219. The zero-order chi connectivity index (χ0) is 19.6. The number of aryl methyl sites for hydroxylation is 1. The summed E-state index contributed by atoms with van der Waals surface area (Å²) in [5, 5.41) is 0. The molecule has 29 heavy (non-hydrogen) atoms. The molecule has 1 aromatic carbocycles. The van der Waals surface area contributed by atoms with Crippen LogP contribution in [-0.2, 0) is 6.42 Å². The molecule has 0 saturated carbocycles. The summed E-state index contributed by atoms with van der Waals surface area (Å²) in [7, 11) is 0. The van der Waals surface area contributed by atoms with Crippen molar-refractivity contribution in [1.82, 2.24) is 15.0 Å². The van der Waals surface area contributed by atoms with E-state index in [1.54, 1.807) is 12.4 Å². The molecule has 6 heteroatoms. The van der Waals surface area contributed by atoms with Gasteiger partial charge in [0.25, 0.3) is 0 Å². The molecule has 0 N–H and O–H groups in total. The summed E-state index contributed by atoms with van der Waals surface area (Å²) in [6, 6.07) is 12.4. The Kier molecular flexibility index (Phi) is 4.76. The van der Waals surface area contributed by atoms with Crippen LogP contribution in [0.1, 0.15) is 37.1 Å². The second-order valence-corrected chi connectivity index (χ2v) is 7.35. The Bertz CT molecular complexity index is 1010. The smallest absolute Gasteiger partial charge is 0.166 e. The van der Waals surface area contributed by atoms with Gasteiger partial charge < -0.3 is 14.4 Å². The number of anilines is 1. The third kappa shape index (κ3) is 3.39. The van der Waals surface area contributed by atoms with E-state index in [1.807, 2.05) is 18.2 Å². The molecule has 6 nitrogen and oxygen atoms in total. The number of nitrogens with zero attached hydrogens (tertiary/aromatic N) is 4. The maximum absolute atomic E-state index is 6.00. The second kappa shape index (κ2) is 7.70. The lowest BCUT2D eigenvalue weighted by Gasteiger charge is -2.30. The van der Waals surface area contributed by atoms with Crippen molar-refractivity contribution < 1.29 is 9.47 Å². The lowest BCUT2D eigenvalue weighted by atomic mass is 10.0. The van der Waals surface area contributed by atoms with Crippen LogP contribution >= 0.6 is 0 Å². The van der Waals surface area contributed by atoms with Crippen LogP contribution in [0.4, 0.5) is 5.82 Å². The average Bonchev–Trinajstić information content (AvgIpc) is 3.29. The normalized spacial score (nSPS) is 18.1. The Morgan fingerprint density at radius 2 is 1.93 bits per heavy atom. The van der Waals surface area contributed by atoms with Crippen molar-refractivity contribution in [3.63, 3.8) is 0 Å². The Morgan fingerprint density at radius 1 is 1.07 bits per heavy atom. The van der Waals surface area contributed by atoms with E-state index < -0.39 is 0 Å². The van der Waals surface area contributed by atoms with Gasteiger partial charge in [0.2, 0.25) is 0 Å². The van der Waals surface area contributed by atoms with E-state index in [-0.39, 0.29) is 6.04 Å². The molecule has 2 aromatic heterocycles. The van der Waals surface area contributed by atoms with Crippen LogP contribution in [-0.4, -0.2) is 34.7 Å². The van der Waals surface area contributed by atoms with Crippen molar-refractivity contribution in [1.29, 1.82) is 0 Å². The molecule has 0 radical (unpaired) electrons. The number of ether oxygens (including phenoxy) is 2. The van der Waals surface area contributed by atoms with Crippen molar-refractivity contribution in [2.45, 2.75) is 32.2 Å². The zero-order valence-electron chi connectivity index (χ0n) is 16.5. The molecule has 2 aliphatic rings. The van der Waals surface area contributed by atoms with Gasteiger partial charge in [0, 0.05) is 41.8 Å². The van der Waals surface area contributed by atoms with Gasteiger partial charge in [-0.15, -0.1) is 0 Å². The maximum atomic E-state index is 6.00. The fourth-order valence-corrected chi connectivity index (χ4v) is 4.16. The van der Waals surface area contributed by atoms with E-state index >= 15 is 0 Å². The highest BCUT2D eigenvalue weighted by Gasteiger charge is 2.32. The minimum Gasteiger partial charge on any atom is -0.486 e. The van der Waals surface area contributed by atoms with Crippen molar-refractivity contribution in [3.8, 4) is 22.9 Å². The summed E-state index contributed by atoms with van der Waals surface area (Å²) in [6.07, 6.45) is 6.61. The molecule has 4 heterocycles. The molecule has 148 valence electrons. The number of pyridine rings is 1. The van der Waals surface area contributed by atoms with E-state index in [1.165, 1.54) is 5.56 Å². The molecule has 0 amide bonds. The zero-order valence-corrected chi connectivity index (χ0v) is 16.5. The number of aromatic nitrogens is 3. The molecule has 1 unspecified atom stereocenters. The number of hydrogen-bond donors (Lipinski definition) is 0. The molecular formula is C23H24N4O2. The molecule has 1 atom stereocenters. The van der Waals surface area contributed by atoms with Gasteiger partial charge in [0.05, 0.1) is 6.04 Å². The summed E-state index contributed by atoms with van der Waals surface area (Å²) < 4.78 is 11.8. The number of hydrogen-bond acceptors (Lipinski definition) is 6. The van der Waals surface area contributed by atoms with E-state index in [0.29, 0.717) is 13.2 Å². The van der Waals surface area contributed by atoms with Gasteiger partial charge in [-0.1, -0.05) is 19.1 Å². The van der Waals surface area contributed by atoms with Gasteiger partial charge in [-0.2, -0.15) is 0 Å². The van der Waals surface area contributed by atoms with Crippen molar-refractivity contribution in [2.24, 2.45) is 0 Å². The number of benzene rings is 1. The van der Waals surface area contributed by atoms with Crippen molar-refractivity contribution in [2.75, 3.05) is 24.7 Å². The highest BCUT2D eigenvalue weighted by molar-refractivity contribution is 5.59. The first-order valence-corrected chi connectivity index (χ1v) is 10.3. The van der Waals surface area contributed by atoms with E-state index in [9.17, 15) is 0 Å².